The van der Waals surface area contributed by atoms with Crippen molar-refractivity contribution in [2.75, 3.05) is 30.5 Å². The van der Waals surface area contributed by atoms with Gasteiger partial charge in [-0.3, -0.25) is 18.4 Å². The number of carbonyl (C=O) groups excluding carboxylic acids is 1. The zero-order chi connectivity index (χ0) is 25.7. The van der Waals surface area contributed by atoms with Crippen molar-refractivity contribution in [3.05, 3.63) is 69.4 Å². The van der Waals surface area contributed by atoms with E-state index in [1.807, 2.05) is 42.2 Å². The number of nitrogens with one attached hydrogen (secondary N) is 1. The van der Waals surface area contributed by atoms with Gasteiger partial charge in [0.25, 0.3) is 11.5 Å². The average Bonchev–Trinajstić information content (AvgIpc) is 3.22. The number of para-hydroxylation sites is 1. The molecule has 36 heavy (non-hydrogen) atoms. The Labute approximate surface area is 213 Å². The van der Waals surface area contributed by atoms with E-state index in [4.69, 9.17) is 22.4 Å². The predicted octanol–water partition coefficient (Wildman–Crippen LogP) is 1.81. The number of aromatic nitrogens is 5. The predicted molar refractivity (Wildman–Crippen MR) is 137 cm³/mol. The molecule has 1 aliphatic heterocycles. The van der Waals surface area contributed by atoms with E-state index in [2.05, 4.69) is 15.3 Å². The summed E-state index contributed by atoms with van der Waals surface area (Å²) in [5, 5.41) is 7.64. The Balaban J connectivity index is 1.76. The van der Waals surface area contributed by atoms with Crippen LogP contribution in [0.15, 0.2) is 52.5 Å². The van der Waals surface area contributed by atoms with Crippen molar-refractivity contribution in [1.82, 2.24) is 29.5 Å². The molecule has 3 N–H and O–H groups in total. The number of rotatable bonds is 5. The van der Waals surface area contributed by atoms with E-state index >= 15 is 0 Å². The van der Waals surface area contributed by atoms with Crippen molar-refractivity contribution in [1.29, 1.82) is 0 Å². The smallest absolute Gasteiger partial charge is 0.284 e. The molecule has 0 aliphatic carbocycles. The van der Waals surface area contributed by atoms with Gasteiger partial charge < -0.3 is 16.0 Å². The molecule has 3 atom stereocenters. The Morgan fingerprint density at radius 3 is 2.58 bits per heavy atom. The molecule has 1 fully saturated rings. The van der Waals surface area contributed by atoms with Crippen LogP contribution in [0.25, 0.3) is 11.2 Å². The highest BCUT2D eigenvalue weighted by Crippen LogP contribution is 2.43. The lowest BCUT2D eigenvalue weighted by molar-refractivity contribution is 0.0962. The Morgan fingerprint density at radius 1 is 1.22 bits per heavy atom. The number of carbonyl (C=O) groups is 1. The van der Waals surface area contributed by atoms with Gasteiger partial charge in [0.1, 0.15) is 22.7 Å². The van der Waals surface area contributed by atoms with Gasteiger partial charge in [0, 0.05) is 32.0 Å². The molecule has 4 heterocycles. The van der Waals surface area contributed by atoms with Gasteiger partial charge in [0.15, 0.2) is 5.82 Å². The van der Waals surface area contributed by atoms with Gasteiger partial charge in [-0.05, 0) is 18.2 Å². The molecule has 1 aliphatic rings. The molecule has 4 aromatic rings. The van der Waals surface area contributed by atoms with E-state index in [0.29, 0.717) is 23.1 Å². The van der Waals surface area contributed by atoms with Crippen molar-refractivity contribution in [3.63, 3.8) is 0 Å². The number of nitrogen functional groups attached to an aromatic ring is 1. The van der Waals surface area contributed by atoms with Gasteiger partial charge in [-0.25, -0.2) is 14.5 Å². The fraction of sp³-hybridized carbons (Fsp3) is 0.261. The van der Waals surface area contributed by atoms with Crippen molar-refractivity contribution in [2.45, 2.75) is 18.1 Å². The average molecular weight is 527 g/mol. The number of hydrogen-bond donors (Lipinski definition) is 2. The summed E-state index contributed by atoms with van der Waals surface area (Å²) >= 11 is 6.32. The maximum absolute atomic E-state index is 13.7. The summed E-state index contributed by atoms with van der Waals surface area (Å²) in [5.41, 5.74) is 6.75. The summed E-state index contributed by atoms with van der Waals surface area (Å²) in [5.74, 6) is 0.136. The van der Waals surface area contributed by atoms with E-state index in [1.54, 1.807) is 12.3 Å². The van der Waals surface area contributed by atoms with Gasteiger partial charge in [-0.1, -0.05) is 36.7 Å². The molecule has 11 nitrogen and oxygen atoms in total. The molecule has 0 bridgehead atoms. The van der Waals surface area contributed by atoms with Crippen LogP contribution in [-0.2, 0) is 10.8 Å². The van der Waals surface area contributed by atoms with E-state index in [-0.39, 0.29) is 39.3 Å². The quantitative estimate of drug-likeness (QED) is 0.375. The number of fused-ring (bicyclic) bond motifs is 1. The number of anilines is 2. The van der Waals surface area contributed by atoms with Gasteiger partial charge >= 0.3 is 0 Å². The number of halogens is 1. The van der Waals surface area contributed by atoms with Crippen molar-refractivity contribution < 1.29 is 9.00 Å². The highest BCUT2D eigenvalue weighted by molar-refractivity contribution is 7.84. The van der Waals surface area contributed by atoms with Crippen LogP contribution in [0.4, 0.5) is 11.6 Å². The van der Waals surface area contributed by atoms with Crippen LogP contribution in [0.1, 0.15) is 29.1 Å². The molecule has 1 saturated heterocycles. The molecule has 13 heteroatoms. The van der Waals surface area contributed by atoms with Gasteiger partial charge in [-0.2, -0.15) is 5.10 Å². The number of amides is 1. The fourth-order valence-corrected chi connectivity index (χ4v) is 5.16. The zero-order valence-electron chi connectivity index (χ0n) is 19.7. The summed E-state index contributed by atoms with van der Waals surface area (Å²) in [6.45, 7) is 2.51. The number of nitrogens with zero attached hydrogens (tertiary/aromatic N) is 6. The Morgan fingerprint density at radius 2 is 1.94 bits per heavy atom. The molecular formula is C23H23ClN8O3S. The molecule has 0 radical (unpaired) electrons. The minimum absolute atomic E-state index is 0.00880. The van der Waals surface area contributed by atoms with E-state index in [0.717, 1.165) is 0 Å². The summed E-state index contributed by atoms with van der Waals surface area (Å²) in [7, 11) is -0.0575. The maximum Gasteiger partial charge on any atom is 0.284 e. The van der Waals surface area contributed by atoms with E-state index in [9.17, 15) is 13.8 Å². The molecule has 0 saturated carbocycles. The van der Waals surface area contributed by atoms with Crippen LogP contribution in [0, 0.1) is 5.92 Å². The highest BCUT2D eigenvalue weighted by Gasteiger charge is 2.44. The molecule has 1 aromatic carbocycles. The van der Waals surface area contributed by atoms with Gasteiger partial charge in [0.05, 0.1) is 27.6 Å². The first-order valence-electron chi connectivity index (χ1n) is 11.1. The van der Waals surface area contributed by atoms with Crippen molar-refractivity contribution in [3.8, 4) is 5.69 Å². The third-order valence-electron chi connectivity index (χ3n) is 6.18. The first-order chi connectivity index (χ1) is 17.2. The van der Waals surface area contributed by atoms with E-state index in [1.165, 1.54) is 22.4 Å². The van der Waals surface area contributed by atoms with Crippen molar-refractivity contribution >= 4 is 45.5 Å². The minimum Gasteiger partial charge on any atom is -0.383 e. The third kappa shape index (κ3) is 3.73. The van der Waals surface area contributed by atoms with Crippen LogP contribution < -0.4 is 21.5 Å². The Bertz CT molecular complexity index is 1590. The van der Waals surface area contributed by atoms with Crippen LogP contribution in [0.2, 0.25) is 5.02 Å². The standard InChI is InChI=1S/C23H23ClN8O3S/c1-12-11-30(19-15(21(33)26-2)18(25)27-23(28-19)36(3)35)16(12)20-29-31-10-9-14(24)17(31)22(34)32(20)13-7-5-4-6-8-13/h4-10,12,16H,11H2,1-3H3,(H,26,33)(H2,25,27,28)/t12-,16-,36?/m0/s1. The van der Waals surface area contributed by atoms with Crippen LogP contribution in [0.3, 0.4) is 0 Å². The normalized spacial score (nSPS) is 18.2. The van der Waals surface area contributed by atoms with Crippen LogP contribution >= 0.6 is 11.6 Å². The lowest BCUT2D eigenvalue weighted by Gasteiger charge is -2.47. The summed E-state index contributed by atoms with van der Waals surface area (Å²) in [6.07, 6.45) is 3.06. The molecule has 5 rings (SSSR count). The number of hydrogen-bond acceptors (Lipinski definition) is 8. The zero-order valence-corrected chi connectivity index (χ0v) is 21.2. The van der Waals surface area contributed by atoms with Gasteiger partial charge in [-0.15, -0.1) is 0 Å². The molecular weight excluding hydrogens is 504 g/mol. The van der Waals surface area contributed by atoms with Crippen LogP contribution in [0.5, 0.6) is 0 Å². The Hall–Kier alpha value is -3.77. The minimum atomic E-state index is -1.54. The largest absolute Gasteiger partial charge is 0.383 e. The molecule has 3 aromatic heterocycles. The second-order valence-corrected chi connectivity index (χ2v) is 10.2. The highest BCUT2D eigenvalue weighted by atomic mass is 35.5. The fourth-order valence-electron chi connectivity index (χ4n) is 4.49. The van der Waals surface area contributed by atoms with Gasteiger partial charge in [0.2, 0.25) is 5.16 Å². The third-order valence-corrected chi connectivity index (χ3v) is 7.18. The molecule has 1 unspecified atom stereocenters. The van der Waals surface area contributed by atoms with Crippen molar-refractivity contribution in [2.24, 2.45) is 5.92 Å². The first-order valence-corrected chi connectivity index (χ1v) is 13.0. The number of benzene rings is 1. The molecule has 1 amide bonds. The maximum atomic E-state index is 13.7. The summed E-state index contributed by atoms with van der Waals surface area (Å²) < 4.78 is 15.2. The van der Waals surface area contributed by atoms with E-state index < -0.39 is 22.7 Å². The first kappa shape index (κ1) is 23.9. The van der Waals surface area contributed by atoms with Crippen LogP contribution in [-0.4, -0.2) is 54.1 Å². The number of nitrogens with two attached hydrogens (primary N) is 1. The SMILES string of the molecule is CNC(=O)c1c(N)nc(S(C)=O)nc1N1C[C@H](C)[C@H]1c1nn2ccc(Cl)c2c(=O)n1-c1ccccc1. The lowest BCUT2D eigenvalue weighted by Crippen LogP contribution is -2.52. The Kier molecular flexibility index (Phi) is 6.00. The second-order valence-electron chi connectivity index (χ2n) is 8.49. The second kappa shape index (κ2) is 9.03. The summed E-state index contributed by atoms with van der Waals surface area (Å²) in [4.78, 5) is 36.8. The lowest BCUT2D eigenvalue weighted by atomic mass is 9.88. The summed E-state index contributed by atoms with van der Waals surface area (Å²) in [6, 6.07) is 10.3. The topological polar surface area (TPSA) is 141 Å². The molecule has 0 spiro atoms. The molecule has 186 valence electrons. The monoisotopic (exact) mass is 526 g/mol.